The van der Waals surface area contributed by atoms with Gasteiger partial charge >= 0.3 is 0 Å². The highest BCUT2D eigenvalue weighted by Gasteiger charge is 2.31. The number of ether oxygens (including phenoxy) is 2. The predicted octanol–water partition coefficient (Wildman–Crippen LogP) is 2.47. The van der Waals surface area contributed by atoms with Crippen LogP contribution >= 0.6 is 0 Å². The molecule has 0 aromatic heterocycles. The first kappa shape index (κ1) is 20.7. The van der Waals surface area contributed by atoms with Gasteiger partial charge in [-0.3, -0.25) is 9.59 Å². The summed E-state index contributed by atoms with van der Waals surface area (Å²) >= 11 is 0. The Morgan fingerprint density at radius 2 is 1.79 bits per heavy atom. The van der Waals surface area contributed by atoms with Crippen LogP contribution in [0.1, 0.15) is 15.9 Å². The number of hydrogen-bond donors (Lipinski definition) is 0. The lowest BCUT2D eigenvalue weighted by Crippen LogP contribution is -2.39. The standard InChI is InChI=1S/C21H22F2N2O4/c1-28-16-6-3-14(4-7-16)10-24-11-17(29-2)12-25(13-20(24)26)21(27)15-5-8-18(22)19(23)9-15/h3-9,17H,10-13H2,1-2H3/t17-/m1/s1. The van der Waals surface area contributed by atoms with Gasteiger partial charge in [-0.2, -0.15) is 0 Å². The Kier molecular flexibility index (Phi) is 6.43. The van der Waals surface area contributed by atoms with E-state index in [2.05, 4.69) is 0 Å². The van der Waals surface area contributed by atoms with E-state index in [1.54, 1.807) is 12.0 Å². The third-order valence-electron chi connectivity index (χ3n) is 4.85. The van der Waals surface area contributed by atoms with Crippen LogP contribution < -0.4 is 4.74 Å². The van der Waals surface area contributed by atoms with Gasteiger partial charge in [-0.05, 0) is 35.9 Å². The first-order valence-corrected chi connectivity index (χ1v) is 9.09. The smallest absolute Gasteiger partial charge is 0.254 e. The molecule has 1 aliphatic heterocycles. The van der Waals surface area contributed by atoms with Gasteiger partial charge < -0.3 is 19.3 Å². The molecule has 0 N–H and O–H groups in total. The zero-order valence-electron chi connectivity index (χ0n) is 16.2. The summed E-state index contributed by atoms with van der Waals surface area (Å²) < 4.78 is 37.3. The summed E-state index contributed by atoms with van der Waals surface area (Å²) in [5.74, 6) is -2.23. The predicted molar refractivity (Wildman–Crippen MR) is 101 cm³/mol. The Labute approximate surface area is 167 Å². The van der Waals surface area contributed by atoms with Crippen molar-refractivity contribution in [2.75, 3.05) is 33.9 Å². The molecule has 1 fully saturated rings. The number of carbonyl (C=O) groups is 2. The molecule has 0 aliphatic carbocycles. The number of benzene rings is 2. The van der Waals surface area contributed by atoms with E-state index in [-0.39, 0.29) is 24.6 Å². The molecule has 8 heteroatoms. The molecule has 1 atom stereocenters. The Hall–Kier alpha value is -3.00. The van der Waals surface area contributed by atoms with Crippen LogP contribution in [0.2, 0.25) is 0 Å². The Bertz CT molecular complexity index is 889. The van der Waals surface area contributed by atoms with Crippen LogP contribution in [0, 0.1) is 11.6 Å². The van der Waals surface area contributed by atoms with Gasteiger partial charge in [0.25, 0.3) is 5.91 Å². The van der Waals surface area contributed by atoms with Gasteiger partial charge in [0, 0.05) is 32.3 Å². The van der Waals surface area contributed by atoms with Crippen molar-refractivity contribution in [1.29, 1.82) is 0 Å². The molecule has 2 aromatic rings. The Balaban J connectivity index is 1.76. The second-order valence-electron chi connectivity index (χ2n) is 6.79. The molecular formula is C21H22F2N2O4. The van der Waals surface area contributed by atoms with E-state index in [0.717, 1.165) is 17.7 Å². The van der Waals surface area contributed by atoms with Crippen LogP contribution in [0.25, 0.3) is 0 Å². The van der Waals surface area contributed by atoms with Crippen LogP contribution in [0.5, 0.6) is 5.75 Å². The summed E-state index contributed by atoms with van der Waals surface area (Å²) in [4.78, 5) is 28.5. The van der Waals surface area contributed by atoms with Crippen molar-refractivity contribution >= 4 is 11.8 Å². The van der Waals surface area contributed by atoms with E-state index < -0.39 is 23.6 Å². The first-order chi connectivity index (χ1) is 13.9. The summed E-state index contributed by atoms with van der Waals surface area (Å²) in [6.45, 7) is 0.659. The van der Waals surface area contributed by atoms with E-state index >= 15 is 0 Å². The molecule has 0 bridgehead atoms. The quantitative estimate of drug-likeness (QED) is 0.768. The first-order valence-electron chi connectivity index (χ1n) is 9.09. The minimum atomic E-state index is -1.11. The molecular weight excluding hydrogens is 382 g/mol. The maximum absolute atomic E-state index is 13.5. The van der Waals surface area contributed by atoms with Crippen LogP contribution in [0.3, 0.4) is 0 Å². The van der Waals surface area contributed by atoms with E-state index in [9.17, 15) is 18.4 Å². The van der Waals surface area contributed by atoms with Crippen molar-refractivity contribution in [1.82, 2.24) is 9.80 Å². The van der Waals surface area contributed by atoms with Gasteiger partial charge in [0.1, 0.15) is 12.3 Å². The number of halogens is 2. The number of rotatable bonds is 5. The molecule has 154 valence electrons. The topological polar surface area (TPSA) is 59.1 Å². The molecule has 29 heavy (non-hydrogen) atoms. The van der Waals surface area contributed by atoms with Crippen LogP contribution in [-0.4, -0.2) is 61.6 Å². The fraction of sp³-hybridized carbons (Fsp3) is 0.333. The molecule has 3 rings (SSSR count). The average Bonchev–Trinajstić information content (AvgIpc) is 2.89. The van der Waals surface area contributed by atoms with Crippen molar-refractivity contribution in [3.63, 3.8) is 0 Å². The van der Waals surface area contributed by atoms with Gasteiger partial charge in [-0.1, -0.05) is 12.1 Å². The highest BCUT2D eigenvalue weighted by atomic mass is 19.2. The molecule has 0 radical (unpaired) electrons. The highest BCUT2D eigenvalue weighted by molar-refractivity contribution is 5.96. The lowest BCUT2D eigenvalue weighted by molar-refractivity contribution is -0.132. The summed E-state index contributed by atoms with van der Waals surface area (Å²) in [5.41, 5.74) is 0.893. The van der Waals surface area contributed by atoms with Crippen molar-refractivity contribution in [2.24, 2.45) is 0 Å². The van der Waals surface area contributed by atoms with Crippen molar-refractivity contribution < 1.29 is 27.8 Å². The summed E-state index contributed by atoms with van der Waals surface area (Å²) in [6.07, 6.45) is -0.408. The molecule has 1 aliphatic rings. The number of carbonyl (C=O) groups excluding carboxylic acids is 2. The minimum absolute atomic E-state index is 0.0184. The lowest BCUT2D eigenvalue weighted by Gasteiger charge is -2.23. The zero-order valence-corrected chi connectivity index (χ0v) is 16.2. The summed E-state index contributed by atoms with van der Waals surface area (Å²) in [5, 5.41) is 0. The third kappa shape index (κ3) is 4.89. The van der Waals surface area contributed by atoms with Crippen LogP contribution in [0.15, 0.2) is 42.5 Å². The van der Waals surface area contributed by atoms with Crippen molar-refractivity contribution in [3.05, 3.63) is 65.2 Å². The molecule has 0 spiro atoms. The van der Waals surface area contributed by atoms with Crippen molar-refractivity contribution in [3.8, 4) is 5.75 Å². The van der Waals surface area contributed by atoms with Gasteiger partial charge in [-0.25, -0.2) is 8.78 Å². The van der Waals surface area contributed by atoms with E-state index in [4.69, 9.17) is 9.47 Å². The van der Waals surface area contributed by atoms with E-state index in [1.807, 2.05) is 24.3 Å². The molecule has 6 nitrogen and oxygen atoms in total. The summed E-state index contributed by atoms with van der Waals surface area (Å²) in [7, 11) is 3.08. The molecule has 2 amide bonds. The normalized spacial score (nSPS) is 17.2. The highest BCUT2D eigenvalue weighted by Crippen LogP contribution is 2.18. The largest absolute Gasteiger partial charge is 0.497 e. The number of amides is 2. The summed E-state index contributed by atoms with van der Waals surface area (Å²) in [6, 6.07) is 10.3. The maximum Gasteiger partial charge on any atom is 0.254 e. The molecule has 0 unspecified atom stereocenters. The maximum atomic E-state index is 13.5. The monoisotopic (exact) mass is 404 g/mol. The van der Waals surface area contributed by atoms with Crippen molar-refractivity contribution in [2.45, 2.75) is 12.6 Å². The van der Waals surface area contributed by atoms with Crippen LogP contribution in [0.4, 0.5) is 8.78 Å². The van der Waals surface area contributed by atoms with Gasteiger partial charge in [0.2, 0.25) is 5.91 Å². The second-order valence-corrected chi connectivity index (χ2v) is 6.79. The molecule has 1 saturated heterocycles. The molecule has 1 heterocycles. The van der Waals surface area contributed by atoms with Gasteiger partial charge in [0.05, 0.1) is 13.2 Å². The minimum Gasteiger partial charge on any atom is -0.497 e. The average molecular weight is 404 g/mol. The zero-order chi connectivity index (χ0) is 21.0. The SMILES string of the molecule is COc1ccc(CN2C[C@@H](OC)CN(C(=O)c3ccc(F)c(F)c3)CC2=O)cc1. The van der Waals surface area contributed by atoms with Gasteiger partial charge in [-0.15, -0.1) is 0 Å². The Morgan fingerprint density at radius 3 is 2.41 bits per heavy atom. The number of hydrogen-bond acceptors (Lipinski definition) is 4. The number of methoxy groups -OCH3 is 2. The fourth-order valence-corrected chi connectivity index (χ4v) is 3.20. The van der Waals surface area contributed by atoms with Crippen LogP contribution in [-0.2, 0) is 16.1 Å². The fourth-order valence-electron chi connectivity index (χ4n) is 3.20. The van der Waals surface area contributed by atoms with E-state index in [0.29, 0.717) is 18.8 Å². The van der Waals surface area contributed by atoms with Gasteiger partial charge in [0.15, 0.2) is 11.6 Å². The third-order valence-corrected chi connectivity index (χ3v) is 4.85. The van der Waals surface area contributed by atoms with E-state index in [1.165, 1.54) is 18.1 Å². The number of nitrogens with zero attached hydrogens (tertiary/aromatic N) is 2. The lowest BCUT2D eigenvalue weighted by atomic mass is 10.1. The molecule has 0 saturated carbocycles. The second kappa shape index (κ2) is 9.00. The Morgan fingerprint density at radius 1 is 1.07 bits per heavy atom. The molecule has 2 aromatic carbocycles.